The summed E-state index contributed by atoms with van der Waals surface area (Å²) in [5.41, 5.74) is 3.37. The van der Waals surface area contributed by atoms with Crippen LogP contribution in [0.4, 0.5) is 0 Å². The first-order valence-corrected chi connectivity index (χ1v) is 7.75. The lowest BCUT2D eigenvalue weighted by atomic mass is 10.1. The van der Waals surface area contributed by atoms with Crippen LogP contribution in [-0.2, 0) is 0 Å². The predicted octanol–water partition coefficient (Wildman–Crippen LogP) is 2.82. The highest BCUT2D eigenvalue weighted by atomic mass is 32.2. The van der Waals surface area contributed by atoms with E-state index in [0.29, 0.717) is 16.9 Å². The fraction of sp³-hybridized carbons (Fsp3) is 0.357. The van der Waals surface area contributed by atoms with Gasteiger partial charge in [0.15, 0.2) is 5.82 Å². The van der Waals surface area contributed by atoms with Gasteiger partial charge in [0.2, 0.25) is 11.0 Å². The molecule has 3 aromatic rings. The second-order valence-corrected chi connectivity index (χ2v) is 6.39. The highest BCUT2D eigenvalue weighted by Gasteiger charge is 2.19. The molecule has 0 aliphatic carbocycles. The molecule has 1 atom stereocenters. The predicted molar refractivity (Wildman–Crippen MR) is 81.9 cm³/mol. The number of rotatable bonds is 4. The normalized spacial score (nSPS) is 12.5. The Morgan fingerprint density at radius 3 is 2.68 bits per heavy atom. The molecule has 0 radical (unpaired) electrons. The maximum Gasteiger partial charge on any atom is 0.239 e. The highest BCUT2D eigenvalue weighted by Crippen LogP contribution is 2.33. The minimum absolute atomic E-state index is 0.0301. The molecule has 0 bridgehead atoms. The maximum absolute atomic E-state index is 5.20. The Balaban J connectivity index is 1.87. The van der Waals surface area contributed by atoms with Crippen LogP contribution in [0, 0.1) is 20.8 Å². The van der Waals surface area contributed by atoms with E-state index in [1.165, 1.54) is 22.9 Å². The Bertz CT molecular complexity index is 796. The molecule has 0 N–H and O–H groups in total. The quantitative estimate of drug-likeness (QED) is 0.684. The van der Waals surface area contributed by atoms with E-state index in [9.17, 15) is 0 Å². The molecule has 0 amide bonds. The average molecular weight is 316 g/mol. The van der Waals surface area contributed by atoms with Crippen LogP contribution in [0.2, 0.25) is 0 Å². The minimum Gasteiger partial charge on any atom is -0.338 e. The van der Waals surface area contributed by atoms with Gasteiger partial charge in [0.05, 0.1) is 10.9 Å². The molecule has 2 heterocycles. The molecule has 114 valence electrons. The molecule has 0 aliphatic rings. The molecule has 0 saturated carbocycles. The third kappa shape index (κ3) is 2.87. The smallest absolute Gasteiger partial charge is 0.239 e. The number of thioether (sulfide) groups is 1. The van der Waals surface area contributed by atoms with E-state index >= 15 is 0 Å². The average Bonchev–Trinajstić information content (AvgIpc) is 3.11. The number of hydrogen-bond donors (Lipinski definition) is 0. The lowest BCUT2D eigenvalue weighted by Gasteiger charge is -2.08. The van der Waals surface area contributed by atoms with Crippen molar-refractivity contribution >= 4 is 11.8 Å². The van der Waals surface area contributed by atoms with Crippen LogP contribution in [0.3, 0.4) is 0 Å². The molecule has 0 spiro atoms. The van der Waals surface area contributed by atoms with Gasteiger partial charge in [-0.3, -0.25) is 0 Å². The van der Waals surface area contributed by atoms with E-state index < -0.39 is 0 Å². The van der Waals surface area contributed by atoms with Crippen molar-refractivity contribution in [1.82, 2.24) is 30.3 Å². The molecular formula is C14H16N6OS. The zero-order valence-corrected chi connectivity index (χ0v) is 13.6. The molecule has 22 heavy (non-hydrogen) atoms. The standard InChI is InChI=1S/C14H16N6OS/c1-8-5-6-12(7-9(8)2)20-14(16-18-19-20)22-10(3)13-15-11(4)17-21-13/h5-7,10H,1-4H3. The zero-order valence-electron chi connectivity index (χ0n) is 12.8. The van der Waals surface area contributed by atoms with Crippen molar-refractivity contribution in [2.75, 3.05) is 0 Å². The molecule has 0 fully saturated rings. The van der Waals surface area contributed by atoms with Crippen LogP contribution in [0.25, 0.3) is 5.69 Å². The third-order valence-electron chi connectivity index (χ3n) is 3.35. The van der Waals surface area contributed by atoms with Gasteiger partial charge in [-0.05, 0) is 61.4 Å². The van der Waals surface area contributed by atoms with Gasteiger partial charge in [-0.15, -0.1) is 5.10 Å². The molecule has 3 rings (SSSR count). The van der Waals surface area contributed by atoms with Gasteiger partial charge < -0.3 is 4.52 Å². The molecule has 0 aliphatic heterocycles. The number of aryl methyl sites for hydroxylation is 3. The number of hydrogen-bond acceptors (Lipinski definition) is 7. The van der Waals surface area contributed by atoms with E-state index in [2.05, 4.69) is 51.6 Å². The molecule has 7 nitrogen and oxygen atoms in total. The maximum atomic E-state index is 5.20. The third-order valence-corrected chi connectivity index (χ3v) is 4.37. The molecule has 8 heteroatoms. The van der Waals surface area contributed by atoms with E-state index in [0.717, 1.165) is 5.69 Å². The van der Waals surface area contributed by atoms with Crippen LogP contribution < -0.4 is 0 Å². The Kier molecular flexibility index (Phi) is 3.93. The van der Waals surface area contributed by atoms with E-state index in [4.69, 9.17) is 4.52 Å². The summed E-state index contributed by atoms with van der Waals surface area (Å²) >= 11 is 1.48. The molecule has 2 aromatic heterocycles. The topological polar surface area (TPSA) is 82.5 Å². The number of aromatic nitrogens is 6. The van der Waals surface area contributed by atoms with Crippen LogP contribution in [0.5, 0.6) is 0 Å². The van der Waals surface area contributed by atoms with Crippen LogP contribution >= 0.6 is 11.8 Å². The SMILES string of the molecule is Cc1noc(C(C)Sc2nnnn2-c2ccc(C)c(C)c2)n1. The van der Waals surface area contributed by atoms with Gasteiger partial charge in [-0.25, -0.2) is 0 Å². The Labute approximate surface area is 132 Å². The van der Waals surface area contributed by atoms with Crippen molar-refractivity contribution in [3.63, 3.8) is 0 Å². The van der Waals surface area contributed by atoms with Crippen molar-refractivity contribution in [2.45, 2.75) is 38.1 Å². The highest BCUT2D eigenvalue weighted by molar-refractivity contribution is 7.99. The summed E-state index contributed by atoms with van der Waals surface area (Å²) in [5, 5.41) is 16.4. The van der Waals surface area contributed by atoms with Gasteiger partial charge >= 0.3 is 0 Å². The van der Waals surface area contributed by atoms with Gasteiger partial charge in [-0.1, -0.05) is 23.0 Å². The number of tetrazole rings is 1. The van der Waals surface area contributed by atoms with E-state index in [1.807, 2.05) is 13.0 Å². The minimum atomic E-state index is -0.0301. The Morgan fingerprint density at radius 2 is 2.00 bits per heavy atom. The molecule has 0 saturated heterocycles. The first-order valence-electron chi connectivity index (χ1n) is 6.87. The van der Waals surface area contributed by atoms with Crippen molar-refractivity contribution < 1.29 is 4.52 Å². The summed E-state index contributed by atoms with van der Waals surface area (Å²) in [5.74, 6) is 1.19. The second kappa shape index (κ2) is 5.88. The second-order valence-electron chi connectivity index (χ2n) is 5.08. The monoisotopic (exact) mass is 316 g/mol. The zero-order chi connectivity index (χ0) is 15.7. The lowest BCUT2D eigenvalue weighted by Crippen LogP contribution is -2.01. The van der Waals surface area contributed by atoms with Crippen molar-refractivity contribution in [2.24, 2.45) is 0 Å². The molecule has 1 aromatic carbocycles. The van der Waals surface area contributed by atoms with Crippen molar-refractivity contribution in [3.05, 3.63) is 41.0 Å². The van der Waals surface area contributed by atoms with Gasteiger partial charge in [0, 0.05) is 0 Å². The van der Waals surface area contributed by atoms with Crippen molar-refractivity contribution in [3.8, 4) is 5.69 Å². The van der Waals surface area contributed by atoms with Gasteiger partial charge in [0.1, 0.15) is 0 Å². The summed E-state index contributed by atoms with van der Waals surface area (Å²) in [6.45, 7) is 7.93. The number of benzene rings is 1. The van der Waals surface area contributed by atoms with Crippen LogP contribution in [-0.4, -0.2) is 30.3 Å². The fourth-order valence-corrected chi connectivity index (χ4v) is 2.80. The van der Waals surface area contributed by atoms with Crippen LogP contribution in [0.1, 0.15) is 35.0 Å². The van der Waals surface area contributed by atoms with Crippen LogP contribution in [0.15, 0.2) is 27.9 Å². The summed E-state index contributed by atoms with van der Waals surface area (Å²) in [6.07, 6.45) is 0. The first kappa shape index (κ1) is 14.7. The summed E-state index contributed by atoms with van der Waals surface area (Å²) in [4.78, 5) is 4.24. The molecule has 1 unspecified atom stereocenters. The van der Waals surface area contributed by atoms with Gasteiger partial charge in [-0.2, -0.15) is 9.67 Å². The summed E-state index contributed by atoms with van der Waals surface area (Å²) in [7, 11) is 0. The van der Waals surface area contributed by atoms with Gasteiger partial charge in [0.25, 0.3) is 0 Å². The molecular weight excluding hydrogens is 300 g/mol. The summed E-state index contributed by atoms with van der Waals surface area (Å²) < 4.78 is 6.91. The lowest BCUT2D eigenvalue weighted by molar-refractivity contribution is 0.376. The first-order chi connectivity index (χ1) is 10.5. The fourth-order valence-electron chi connectivity index (χ4n) is 1.96. The van der Waals surface area contributed by atoms with E-state index in [1.54, 1.807) is 11.6 Å². The number of nitrogens with zero attached hydrogens (tertiary/aromatic N) is 6. The Hall–Kier alpha value is -2.22. The van der Waals surface area contributed by atoms with Crippen molar-refractivity contribution in [1.29, 1.82) is 0 Å². The summed E-state index contributed by atoms with van der Waals surface area (Å²) in [6, 6.07) is 6.13. The Morgan fingerprint density at radius 1 is 1.18 bits per heavy atom. The van der Waals surface area contributed by atoms with E-state index in [-0.39, 0.29) is 5.25 Å². The largest absolute Gasteiger partial charge is 0.338 e.